The third kappa shape index (κ3) is 6.56. The molecule has 1 fully saturated rings. The SMILES string of the molecule is CC(C)C(=O)NCCNC(=O)C1CCN(S(=O)(=O)c2ccc(Cl)c(C(F)(F)F)c2)CC1. The summed E-state index contributed by atoms with van der Waals surface area (Å²) in [6.45, 7) is 4.06. The number of piperidine rings is 1. The molecule has 2 N–H and O–H groups in total. The van der Waals surface area contributed by atoms with Crippen molar-refractivity contribution in [2.75, 3.05) is 26.2 Å². The molecule has 2 rings (SSSR count). The van der Waals surface area contributed by atoms with Crippen molar-refractivity contribution < 1.29 is 31.2 Å². The fourth-order valence-corrected chi connectivity index (χ4v) is 4.83. The highest BCUT2D eigenvalue weighted by Gasteiger charge is 2.37. The molecule has 0 saturated carbocycles. The number of carbonyl (C=O) groups is 2. The molecule has 0 unspecified atom stereocenters. The van der Waals surface area contributed by atoms with E-state index >= 15 is 0 Å². The zero-order chi connectivity index (χ0) is 23.4. The Kier molecular flexibility index (Phi) is 8.34. The maximum absolute atomic E-state index is 13.0. The molecule has 7 nitrogen and oxygen atoms in total. The van der Waals surface area contributed by atoms with Crippen LogP contribution in [0.15, 0.2) is 23.1 Å². The van der Waals surface area contributed by atoms with Crippen LogP contribution < -0.4 is 10.6 Å². The molecule has 2 amide bonds. The highest BCUT2D eigenvalue weighted by molar-refractivity contribution is 7.89. The van der Waals surface area contributed by atoms with Gasteiger partial charge in [0.1, 0.15) is 0 Å². The number of carbonyl (C=O) groups excluding carboxylic acids is 2. The summed E-state index contributed by atoms with van der Waals surface area (Å²) < 4.78 is 65.7. The number of sulfonamides is 1. The van der Waals surface area contributed by atoms with Crippen molar-refractivity contribution in [3.8, 4) is 0 Å². The first-order valence-electron chi connectivity index (χ1n) is 9.76. The lowest BCUT2D eigenvalue weighted by Gasteiger charge is -2.30. The lowest BCUT2D eigenvalue weighted by molar-refractivity contribution is -0.137. The normalized spacial score (nSPS) is 16.4. The second-order valence-electron chi connectivity index (χ2n) is 7.55. The minimum absolute atomic E-state index is 0.00842. The van der Waals surface area contributed by atoms with Crippen molar-refractivity contribution >= 4 is 33.4 Å². The van der Waals surface area contributed by atoms with Crippen LogP contribution in [0.1, 0.15) is 32.3 Å². The Hall–Kier alpha value is -1.85. The lowest BCUT2D eigenvalue weighted by Crippen LogP contribution is -2.44. The summed E-state index contributed by atoms with van der Waals surface area (Å²) in [6, 6.07) is 2.48. The molecule has 1 aliphatic rings. The van der Waals surface area contributed by atoms with Crippen LogP contribution in [-0.2, 0) is 25.8 Å². The maximum atomic E-state index is 13.0. The van der Waals surface area contributed by atoms with Crippen LogP contribution >= 0.6 is 11.6 Å². The number of amides is 2. The molecule has 0 aromatic heterocycles. The summed E-state index contributed by atoms with van der Waals surface area (Å²) in [7, 11) is -4.15. The number of alkyl halides is 3. The van der Waals surface area contributed by atoms with Gasteiger partial charge >= 0.3 is 6.18 Å². The molecule has 31 heavy (non-hydrogen) atoms. The molecule has 1 aromatic rings. The molecule has 12 heteroatoms. The Bertz CT molecular complexity index is 914. The second kappa shape index (κ2) is 10.2. The van der Waals surface area contributed by atoms with E-state index in [1.54, 1.807) is 13.8 Å². The summed E-state index contributed by atoms with van der Waals surface area (Å²) in [5, 5.41) is 4.80. The molecule has 0 aliphatic carbocycles. The first kappa shape index (κ1) is 25.4. The number of benzene rings is 1. The van der Waals surface area contributed by atoms with Crippen LogP contribution in [0.2, 0.25) is 5.02 Å². The molecule has 1 aliphatic heterocycles. The van der Waals surface area contributed by atoms with E-state index in [0.717, 1.165) is 16.4 Å². The van der Waals surface area contributed by atoms with Crippen molar-refractivity contribution in [3.63, 3.8) is 0 Å². The molecular formula is C19H25ClF3N3O4S. The zero-order valence-electron chi connectivity index (χ0n) is 17.1. The Morgan fingerprint density at radius 3 is 2.29 bits per heavy atom. The van der Waals surface area contributed by atoms with Gasteiger partial charge in [0, 0.05) is 38.0 Å². The largest absolute Gasteiger partial charge is 0.417 e. The quantitative estimate of drug-likeness (QED) is 0.583. The van der Waals surface area contributed by atoms with Crippen LogP contribution in [0.4, 0.5) is 13.2 Å². The molecule has 0 radical (unpaired) electrons. The van der Waals surface area contributed by atoms with Crippen molar-refractivity contribution in [3.05, 3.63) is 28.8 Å². The molecule has 1 heterocycles. The van der Waals surface area contributed by atoms with Crippen LogP contribution in [0.3, 0.4) is 0 Å². The molecule has 174 valence electrons. The van der Waals surface area contributed by atoms with E-state index in [1.165, 1.54) is 0 Å². The summed E-state index contributed by atoms with van der Waals surface area (Å²) in [5.41, 5.74) is -1.21. The Balaban J connectivity index is 1.93. The number of hydrogen-bond donors (Lipinski definition) is 2. The predicted octanol–water partition coefficient (Wildman–Crippen LogP) is 2.65. The Morgan fingerprint density at radius 2 is 1.74 bits per heavy atom. The van der Waals surface area contributed by atoms with E-state index in [0.29, 0.717) is 6.07 Å². The van der Waals surface area contributed by atoms with Crippen LogP contribution in [0.5, 0.6) is 0 Å². The van der Waals surface area contributed by atoms with Gasteiger partial charge in [-0.15, -0.1) is 0 Å². The standard InChI is InChI=1S/C19H25ClF3N3O4S/c1-12(2)17(27)24-7-8-25-18(28)13-5-9-26(10-6-13)31(29,30)14-3-4-16(20)15(11-14)19(21,22)23/h3-4,11-13H,5-10H2,1-2H3,(H,24,27)(H,25,28). The summed E-state index contributed by atoms with van der Waals surface area (Å²) in [6.07, 6.45) is -4.30. The van der Waals surface area contributed by atoms with Gasteiger partial charge in [-0.05, 0) is 31.0 Å². The summed E-state index contributed by atoms with van der Waals surface area (Å²) in [4.78, 5) is 23.2. The molecule has 0 spiro atoms. The van der Waals surface area contributed by atoms with Gasteiger partial charge in [-0.3, -0.25) is 9.59 Å². The van der Waals surface area contributed by atoms with Gasteiger partial charge in [0.25, 0.3) is 0 Å². The number of hydrogen-bond acceptors (Lipinski definition) is 4. The monoisotopic (exact) mass is 483 g/mol. The minimum Gasteiger partial charge on any atom is -0.354 e. The first-order chi connectivity index (χ1) is 14.3. The Labute approximate surface area is 184 Å². The topological polar surface area (TPSA) is 95.6 Å². The van der Waals surface area contributed by atoms with Gasteiger partial charge in [-0.25, -0.2) is 8.42 Å². The molecular weight excluding hydrogens is 459 g/mol. The fourth-order valence-electron chi connectivity index (χ4n) is 3.11. The zero-order valence-corrected chi connectivity index (χ0v) is 18.7. The predicted molar refractivity (Wildman–Crippen MR) is 109 cm³/mol. The van der Waals surface area contributed by atoms with Gasteiger partial charge in [0.15, 0.2) is 0 Å². The average molecular weight is 484 g/mol. The van der Waals surface area contributed by atoms with Gasteiger partial charge in [-0.1, -0.05) is 25.4 Å². The van der Waals surface area contributed by atoms with Crippen molar-refractivity contribution in [1.82, 2.24) is 14.9 Å². The third-order valence-electron chi connectivity index (χ3n) is 4.95. The van der Waals surface area contributed by atoms with E-state index in [2.05, 4.69) is 10.6 Å². The fraction of sp³-hybridized carbons (Fsp3) is 0.579. The molecule has 0 atom stereocenters. The van der Waals surface area contributed by atoms with Crippen LogP contribution in [0.25, 0.3) is 0 Å². The van der Waals surface area contributed by atoms with Crippen molar-refractivity contribution in [2.45, 2.75) is 37.8 Å². The number of nitrogens with one attached hydrogen (secondary N) is 2. The summed E-state index contributed by atoms with van der Waals surface area (Å²) in [5.74, 6) is -0.941. The number of halogens is 4. The highest BCUT2D eigenvalue weighted by atomic mass is 35.5. The number of nitrogens with zero attached hydrogens (tertiary/aromatic N) is 1. The van der Waals surface area contributed by atoms with Crippen LogP contribution in [-0.4, -0.2) is 50.7 Å². The third-order valence-corrected chi connectivity index (χ3v) is 7.18. The Morgan fingerprint density at radius 1 is 1.16 bits per heavy atom. The number of rotatable bonds is 7. The van der Waals surface area contributed by atoms with Crippen molar-refractivity contribution in [2.24, 2.45) is 11.8 Å². The van der Waals surface area contributed by atoms with E-state index in [4.69, 9.17) is 11.6 Å². The van der Waals surface area contributed by atoms with Crippen molar-refractivity contribution in [1.29, 1.82) is 0 Å². The molecule has 1 aromatic carbocycles. The van der Waals surface area contributed by atoms with E-state index in [-0.39, 0.29) is 56.8 Å². The molecule has 0 bridgehead atoms. The average Bonchev–Trinajstić information content (AvgIpc) is 2.70. The smallest absolute Gasteiger partial charge is 0.354 e. The summed E-state index contributed by atoms with van der Waals surface area (Å²) >= 11 is 5.56. The lowest BCUT2D eigenvalue weighted by atomic mass is 9.97. The maximum Gasteiger partial charge on any atom is 0.417 e. The first-order valence-corrected chi connectivity index (χ1v) is 11.6. The van der Waals surface area contributed by atoms with Gasteiger partial charge in [-0.2, -0.15) is 17.5 Å². The van der Waals surface area contributed by atoms with Gasteiger partial charge < -0.3 is 10.6 Å². The second-order valence-corrected chi connectivity index (χ2v) is 9.90. The highest BCUT2D eigenvalue weighted by Crippen LogP contribution is 2.36. The van der Waals surface area contributed by atoms with Gasteiger partial charge in [0.05, 0.1) is 15.5 Å². The van der Waals surface area contributed by atoms with E-state index in [1.807, 2.05) is 0 Å². The van der Waals surface area contributed by atoms with E-state index < -0.39 is 37.6 Å². The van der Waals surface area contributed by atoms with E-state index in [9.17, 15) is 31.2 Å². The molecule has 1 saturated heterocycles. The van der Waals surface area contributed by atoms with Gasteiger partial charge in [0.2, 0.25) is 21.8 Å². The van der Waals surface area contributed by atoms with Crippen LogP contribution in [0, 0.1) is 11.8 Å². The minimum atomic E-state index is -4.78.